The Balaban J connectivity index is 1.32. The summed E-state index contributed by atoms with van der Waals surface area (Å²) in [5.41, 5.74) is 1.14. The van der Waals surface area contributed by atoms with E-state index in [4.69, 9.17) is 9.47 Å². The van der Waals surface area contributed by atoms with Gasteiger partial charge in [0.2, 0.25) is 17.7 Å². The molecule has 2 aromatic rings. The van der Waals surface area contributed by atoms with E-state index in [-0.39, 0.29) is 24.1 Å². The van der Waals surface area contributed by atoms with E-state index in [0.29, 0.717) is 54.2 Å². The topological polar surface area (TPSA) is 119 Å². The van der Waals surface area contributed by atoms with Gasteiger partial charge in [-0.3, -0.25) is 14.4 Å². The molecule has 4 rings (SSSR count). The first-order chi connectivity index (χ1) is 14.1. The van der Waals surface area contributed by atoms with Crippen molar-refractivity contribution in [3.05, 3.63) is 29.3 Å². The summed E-state index contributed by atoms with van der Waals surface area (Å²) in [5, 5.41) is 10.2. The average molecular weight is 416 g/mol. The molecule has 1 saturated heterocycles. The number of rotatable bonds is 5. The summed E-state index contributed by atoms with van der Waals surface area (Å²) in [4.78, 5) is 40.6. The van der Waals surface area contributed by atoms with Crippen molar-refractivity contribution in [3.63, 3.8) is 0 Å². The van der Waals surface area contributed by atoms with Crippen molar-refractivity contribution in [2.75, 3.05) is 30.4 Å². The van der Waals surface area contributed by atoms with Gasteiger partial charge >= 0.3 is 0 Å². The van der Waals surface area contributed by atoms with E-state index in [1.54, 1.807) is 23.6 Å². The van der Waals surface area contributed by atoms with E-state index in [1.165, 1.54) is 11.3 Å². The number of nitrogens with zero attached hydrogens (tertiary/aromatic N) is 1. The highest BCUT2D eigenvalue weighted by Gasteiger charge is 2.29. The molecule has 3 heterocycles. The second kappa shape index (κ2) is 8.48. The van der Waals surface area contributed by atoms with Crippen LogP contribution >= 0.6 is 11.3 Å². The Morgan fingerprint density at radius 3 is 2.86 bits per heavy atom. The number of aromatic nitrogens is 1. The van der Waals surface area contributed by atoms with Crippen LogP contribution in [-0.2, 0) is 20.8 Å². The van der Waals surface area contributed by atoms with E-state index in [1.807, 2.05) is 0 Å². The third-order valence-corrected chi connectivity index (χ3v) is 5.36. The first kappa shape index (κ1) is 19.2. The molecule has 152 valence electrons. The maximum Gasteiger partial charge on any atom is 0.238 e. The Kier molecular flexibility index (Phi) is 5.61. The highest BCUT2D eigenvalue weighted by Crippen LogP contribution is 2.32. The molecule has 1 aromatic carbocycles. The molecule has 10 heteroatoms. The van der Waals surface area contributed by atoms with E-state index in [2.05, 4.69) is 20.9 Å². The fourth-order valence-electron chi connectivity index (χ4n) is 3.15. The fraction of sp³-hybridized carbons (Fsp3) is 0.368. The van der Waals surface area contributed by atoms with Gasteiger partial charge in [-0.25, -0.2) is 4.98 Å². The zero-order chi connectivity index (χ0) is 20.2. The van der Waals surface area contributed by atoms with Gasteiger partial charge < -0.3 is 25.4 Å². The predicted molar refractivity (Wildman–Crippen MR) is 106 cm³/mol. The average Bonchev–Trinajstić information content (AvgIpc) is 3.14. The molecule has 3 N–H and O–H groups in total. The lowest BCUT2D eigenvalue weighted by Gasteiger charge is -2.20. The molecule has 0 spiro atoms. The summed E-state index contributed by atoms with van der Waals surface area (Å²) in [7, 11) is 0. The number of amides is 3. The molecular formula is C19H20N4O5S. The molecule has 0 bridgehead atoms. The van der Waals surface area contributed by atoms with Crippen LogP contribution in [0.4, 0.5) is 10.8 Å². The van der Waals surface area contributed by atoms with Crippen LogP contribution in [0, 0.1) is 5.92 Å². The van der Waals surface area contributed by atoms with Crippen molar-refractivity contribution < 1.29 is 23.9 Å². The Labute approximate surface area is 170 Å². The van der Waals surface area contributed by atoms with E-state index >= 15 is 0 Å². The van der Waals surface area contributed by atoms with Crippen molar-refractivity contribution in [2.24, 2.45) is 5.92 Å². The zero-order valence-corrected chi connectivity index (χ0v) is 16.3. The van der Waals surface area contributed by atoms with E-state index in [9.17, 15) is 14.4 Å². The lowest BCUT2D eigenvalue weighted by atomic mass is 9.98. The molecule has 1 unspecified atom stereocenters. The molecule has 0 radical (unpaired) electrons. The monoisotopic (exact) mass is 416 g/mol. The van der Waals surface area contributed by atoms with Crippen LogP contribution in [0.2, 0.25) is 0 Å². The minimum Gasteiger partial charge on any atom is -0.486 e. The Bertz CT molecular complexity index is 944. The molecule has 9 nitrogen and oxygen atoms in total. The molecule has 1 aromatic heterocycles. The Morgan fingerprint density at radius 1 is 1.21 bits per heavy atom. The number of carbonyl (C=O) groups excluding carboxylic acids is 3. The lowest BCUT2D eigenvalue weighted by Crippen LogP contribution is -2.42. The highest BCUT2D eigenvalue weighted by atomic mass is 32.1. The van der Waals surface area contributed by atoms with Crippen molar-refractivity contribution in [2.45, 2.75) is 19.3 Å². The molecule has 3 amide bonds. The number of ether oxygens (including phenoxy) is 2. The lowest BCUT2D eigenvalue weighted by molar-refractivity contribution is -0.134. The van der Waals surface area contributed by atoms with Gasteiger partial charge in [0.25, 0.3) is 0 Å². The highest BCUT2D eigenvalue weighted by molar-refractivity contribution is 7.14. The van der Waals surface area contributed by atoms with E-state index in [0.717, 1.165) is 6.42 Å². The summed E-state index contributed by atoms with van der Waals surface area (Å²) in [6.45, 7) is 1.58. The summed E-state index contributed by atoms with van der Waals surface area (Å²) in [5.74, 6) is -0.320. The van der Waals surface area contributed by atoms with Crippen molar-refractivity contribution >= 4 is 39.9 Å². The largest absolute Gasteiger partial charge is 0.486 e. The number of hydrogen-bond acceptors (Lipinski definition) is 7. The van der Waals surface area contributed by atoms with Crippen LogP contribution in [0.3, 0.4) is 0 Å². The van der Waals surface area contributed by atoms with Gasteiger partial charge in [0.1, 0.15) is 19.1 Å². The third kappa shape index (κ3) is 4.65. The smallest absolute Gasteiger partial charge is 0.238 e. The predicted octanol–water partition coefficient (Wildman–Crippen LogP) is 1.56. The van der Waals surface area contributed by atoms with Crippen LogP contribution < -0.4 is 25.4 Å². The zero-order valence-electron chi connectivity index (χ0n) is 15.5. The molecule has 2 aliphatic rings. The van der Waals surface area contributed by atoms with Crippen LogP contribution in [0.25, 0.3) is 0 Å². The Hall–Kier alpha value is -3.14. The van der Waals surface area contributed by atoms with Gasteiger partial charge in [-0.15, -0.1) is 11.3 Å². The first-order valence-corrected chi connectivity index (χ1v) is 10.2. The number of nitrogens with one attached hydrogen (secondary N) is 3. The maximum absolute atomic E-state index is 12.3. The summed E-state index contributed by atoms with van der Waals surface area (Å²) < 4.78 is 11.0. The molecule has 2 aliphatic heterocycles. The number of anilines is 2. The Morgan fingerprint density at radius 2 is 2.03 bits per heavy atom. The number of carbonyl (C=O) groups is 3. The first-order valence-electron chi connectivity index (χ1n) is 9.31. The quantitative estimate of drug-likeness (QED) is 0.637. The normalized spacial score (nSPS) is 17.9. The van der Waals surface area contributed by atoms with Gasteiger partial charge in [0.15, 0.2) is 16.6 Å². The molecule has 1 atom stereocenters. The van der Waals surface area contributed by atoms with Crippen LogP contribution in [0.5, 0.6) is 11.5 Å². The fourth-order valence-corrected chi connectivity index (χ4v) is 3.86. The molecule has 0 aliphatic carbocycles. The van der Waals surface area contributed by atoms with Gasteiger partial charge in [-0.1, -0.05) is 0 Å². The number of piperidine rings is 1. The van der Waals surface area contributed by atoms with Crippen molar-refractivity contribution in [1.29, 1.82) is 0 Å². The SMILES string of the molecule is O=C(Cc1csc(NC(=O)C2CCCNC2=O)n1)Nc1ccc2c(c1)OCCO2. The number of benzene rings is 1. The minimum absolute atomic E-state index is 0.0602. The van der Waals surface area contributed by atoms with E-state index < -0.39 is 5.92 Å². The minimum atomic E-state index is -0.699. The summed E-state index contributed by atoms with van der Waals surface area (Å²) in [6, 6.07) is 5.21. The maximum atomic E-state index is 12.3. The molecule has 0 saturated carbocycles. The molecule has 1 fully saturated rings. The molecular weight excluding hydrogens is 396 g/mol. The van der Waals surface area contributed by atoms with Crippen molar-refractivity contribution in [3.8, 4) is 11.5 Å². The van der Waals surface area contributed by atoms with Gasteiger partial charge in [0.05, 0.1) is 12.1 Å². The molecule has 29 heavy (non-hydrogen) atoms. The second-order valence-electron chi connectivity index (χ2n) is 6.70. The number of fused-ring (bicyclic) bond motifs is 1. The van der Waals surface area contributed by atoms with Crippen LogP contribution in [0.1, 0.15) is 18.5 Å². The standard InChI is InChI=1S/C19H20N4O5S/c24-16(21-11-3-4-14-15(8-11)28-7-6-27-14)9-12-10-29-19(22-12)23-18(26)13-2-1-5-20-17(13)25/h3-4,8,10,13H,1-2,5-7,9H2,(H,20,25)(H,21,24)(H,22,23,26). The van der Waals surface area contributed by atoms with Crippen molar-refractivity contribution in [1.82, 2.24) is 10.3 Å². The van der Waals surface area contributed by atoms with Gasteiger partial charge in [0, 0.05) is 23.7 Å². The van der Waals surface area contributed by atoms with Crippen LogP contribution in [0.15, 0.2) is 23.6 Å². The van der Waals surface area contributed by atoms with Gasteiger partial charge in [-0.05, 0) is 25.0 Å². The van der Waals surface area contributed by atoms with Crippen LogP contribution in [-0.4, -0.2) is 42.5 Å². The number of thiazole rings is 1. The summed E-state index contributed by atoms with van der Waals surface area (Å²) in [6.07, 6.45) is 1.35. The third-order valence-electron chi connectivity index (χ3n) is 4.55. The number of hydrogen-bond donors (Lipinski definition) is 3. The summed E-state index contributed by atoms with van der Waals surface area (Å²) >= 11 is 1.22. The second-order valence-corrected chi connectivity index (χ2v) is 7.56. The van der Waals surface area contributed by atoms with Gasteiger partial charge in [-0.2, -0.15) is 0 Å².